The zero-order valence-corrected chi connectivity index (χ0v) is 10.8. The normalized spacial score (nSPS) is 12.8. The molecule has 0 saturated carbocycles. The Morgan fingerprint density at radius 1 is 1.39 bits per heavy atom. The molecule has 2 aromatic rings. The van der Waals surface area contributed by atoms with Gasteiger partial charge in [0.05, 0.1) is 11.3 Å². The van der Waals surface area contributed by atoms with Crippen LogP contribution in [0.25, 0.3) is 5.65 Å². The molecule has 96 valence electrons. The maximum absolute atomic E-state index is 10.9. The van der Waals surface area contributed by atoms with E-state index in [1.807, 2.05) is 6.20 Å². The van der Waals surface area contributed by atoms with E-state index in [1.54, 1.807) is 22.7 Å². The summed E-state index contributed by atoms with van der Waals surface area (Å²) >= 11 is 0. The first kappa shape index (κ1) is 12.6. The van der Waals surface area contributed by atoms with E-state index in [2.05, 4.69) is 18.8 Å². The quantitative estimate of drug-likeness (QED) is 0.880. The number of fused-ring (bicyclic) bond motifs is 1. The van der Waals surface area contributed by atoms with Crippen LogP contribution in [0.2, 0.25) is 0 Å². The van der Waals surface area contributed by atoms with Crippen LogP contribution < -0.4 is 0 Å². The Morgan fingerprint density at radius 2 is 2.17 bits per heavy atom. The maximum atomic E-state index is 10.9. The van der Waals surface area contributed by atoms with Crippen LogP contribution in [0.15, 0.2) is 24.5 Å². The van der Waals surface area contributed by atoms with Crippen molar-refractivity contribution in [1.82, 2.24) is 9.38 Å². The van der Waals surface area contributed by atoms with Crippen molar-refractivity contribution in [1.29, 1.82) is 0 Å². The Hall–Kier alpha value is -1.84. The summed E-state index contributed by atoms with van der Waals surface area (Å²) in [6.45, 7) is 4.33. The van der Waals surface area contributed by atoms with Crippen LogP contribution in [0.5, 0.6) is 0 Å². The number of imidazole rings is 1. The van der Waals surface area contributed by atoms with E-state index in [1.165, 1.54) is 0 Å². The molecule has 0 fully saturated rings. The van der Waals surface area contributed by atoms with E-state index < -0.39 is 5.97 Å². The van der Waals surface area contributed by atoms with Gasteiger partial charge in [0.15, 0.2) is 0 Å². The van der Waals surface area contributed by atoms with Crippen molar-refractivity contribution in [3.05, 3.63) is 35.8 Å². The molecule has 1 atom stereocenters. The number of aromatic carboxylic acids is 1. The standard InChI is InChI=1S/C14H18N2O2/c1-3-5-10(4-2)12-9-16-8-11(14(17)18)6-7-13(16)15-12/h6-10H,3-5H2,1-2H3,(H,17,18). The smallest absolute Gasteiger partial charge is 0.337 e. The lowest BCUT2D eigenvalue weighted by molar-refractivity contribution is 0.0696. The van der Waals surface area contributed by atoms with Crippen molar-refractivity contribution in [3.8, 4) is 0 Å². The second-order valence-corrected chi connectivity index (χ2v) is 4.55. The Balaban J connectivity index is 2.40. The van der Waals surface area contributed by atoms with Crippen molar-refractivity contribution in [2.45, 2.75) is 39.0 Å². The number of aromatic nitrogens is 2. The fourth-order valence-electron chi connectivity index (χ4n) is 2.24. The average molecular weight is 246 g/mol. The zero-order valence-electron chi connectivity index (χ0n) is 10.8. The highest BCUT2D eigenvalue weighted by Gasteiger charge is 2.13. The molecule has 0 aliphatic rings. The molecule has 0 saturated heterocycles. The summed E-state index contributed by atoms with van der Waals surface area (Å²) in [5, 5.41) is 8.96. The maximum Gasteiger partial charge on any atom is 0.337 e. The fraction of sp³-hybridized carbons (Fsp3) is 0.429. The van der Waals surface area contributed by atoms with Gasteiger partial charge in [-0.25, -0.2) is 9.78 Å². The summed E-state index contributed by atoms with van der Waals surface area (Å²) < 4.78 is 1.80. The van der Waals surface area contributed by atoms with E-state index in [0.29, 0.717) is 5.92 Å². The first-order chi connectivity index (χ1) is 8.65. The van der Waals surface area contributed by atoms with Crippen molar-refractivity contribution in [2.24, 2.45) is 0 Å². The van der Waals surface area contributed by atoms with E-state index in [-0.39, 0.29) is 5.56 Å². The Bertz CT molecular complexity index is 560. The molecular weight excluding hydrogens is 228 g/mol. The summed E-state index contributed by atoms with van der Waals surface area (Å²) in [5.74, 6) is -0.448. The molecule has 0 bridgehead atoms. The molecule has 0 radical (unpaired) electrons. The molecule has 0 amide bonds. The van der Waals surface area contributed by atoms with Gasteiger partial charge in [0, 0.05) is 18.3 Å². The van der Waals surface area contributed by atoms with Gasteiger partial charge in [0.2, 0.25) is 0 Å². The third kappa shape index (κ3) is 2.37. The molecule has 2 rings (SSSR count). The summed E-state index contributed by atoms with van der Waals surface area (Å²) in [6.07, 6.45) is 6.88. The van der Waals surface area contributed by atoms with Crippen molar-refractivity contribution in [3.63, 3.8) is 0 Å². The number of hydrogen-bond acceptors (Lipinski definition) is 2. The van der Waals surface area contributed by atoms with Gasteiger partial charge >= 0.3 is 5.97 Å². The molecule has 0 aliphatic heterocycles. The van der Waals surface area contributed by atoms with Gasteiger partial charge in [0.1, 0.15) is 5.65 Å². The molecule has 2 aromatic heterocycles. The molecule has 1 unspecified atom stereocenters. The van der Waals surface area contributed by atoms with Gasteiger partial charge in [-0.05, 0) is 25.0 Å². The average Bonchev–Trinajstić information content (AvgIpc) is 2.78. The number of hydrogen-bond donors (Lipinski definition) is 1. The van der Waals surface area contributed by atoms with Crippen LogP contribution in [0.4, 0.5) is 0 Å². The summed E-state index contributed by atoms with van der Waals surface area (Å²) in [7, 11) is 0. The predicted octanol–water partition coefficient (Wildman–Crippen LogP) is 3.33. The van der Waals surface area contributed by atoms with Crippen molar-refractivity contribution >= 4 is 11.6 Å². The van der Waals surface area contributed by atoms with Crippen molar-refractivity contribution < 1.29 is 9.90 Å². The Morgan fingerprint density at radius 3 is 2.78 bits per heavy atom. The fourth-order valence-corrected chi connectivity index (χ4v) is 2.24. The number of rotatable bonds is 5. The minimum Gasteiger partial charge on any atom is -0.478 e. The van der Waals surface area contributed by atoms with Gasteiger partial charge in [-0.2, -0.15) is 0 Å². The van der Waals surface area contributed by atoms with Crippen LogP contribution in [0.1, 0.15) is 55.1 Å². The molecule has 4 heteroatoms. The van der Waals surface area contributed by atoms with E-state index >= 15 is 0 Å². The molecule has 2 heterocycles. The minimum atomic E-state index is -0.909. The van der Waals surface area contributed by atoms with E-state index in [0.717, 1.165) is 30.6 Å². The second kappa shape index (κ2) is 5.21. The molecule has 4 nitrogen and oxygen atoms in total. The second-order valence-electron chi connectivity index (χ2n) is 4.55. The van der Waals surface area contributed by atoms with Crippen LogP contribution in [0, 0.1) is 0 Å². The SMILES string of the molecule is CCCC(CC)c1cn2cc(C(=O)O)ccc2n1. The van der Waals surface area contributed by atoms with E-state index in [9.17, 15) is 4.79 Å². The molecule has 0 spiro atoms. The lowest BCUT2D eigenvalue weighted by Crippen LogP contribution is -1.98. The number of pyridine rings is 1. The van der Waals surface area contributed by atoms with Gasteiger partial charge in [-0.15, -0.1) is 0 Å². The van der Waals surface area contributed by atoms with Gasteiger partial charge < -0.3 is 9.51 Å². The molecule has 0 aliphatic carbocycles. The minimum absolute atomic E-state index is 0.287. The highest BCUT2D eigenvalue weighted by Crippen LogP contribution is 2.24. The monoisotopic (exact) mass is 246 g/mol. The highest BCUT2D eigenvalue weighted by atomic mass is 16.4. The molecule has 18 heavy (non-hydrogen) atoms. The number of carboxylic acids is 1. The van der Waals surface area contributed by atoms with Crippen molar-refractivity contribution in [2.75, 3.05) is 0 Å². The summed E-state index contributed by atoms with van der Waals surface area (Å²) in [4.78, 5) is 15.5. The predicted molar refractivity (Wildman–Crippen MR) is 70.1 cm³/mol. The third-order valence-electron chi connectivity index (χ3n) is 3.26. The van der Waals surface area contributed by atoms with Crippen LogP contribution in [0.3, 0.4) is 0 Å². The molecule has 1 N–H and O–H groups in total. The Labute approximate surface area is 106 Å². The number of nitrogens with zero attached hydrogens (tertiary/aromatic N) is 2. The Kier molecular flexibility index (Phi) is 3.65. The summed E-state index contributed by atoms with van der Waals surface area (Å²) in [5.41, 5.74) is 2.15. The third-order valence-corrected chi connectivity index (χ3v) is 3.26. The lowest BCUT2D eigenvalue weighted by Gasteiger charge is -2.09. The van der Waals surface area contributed by atoms with Crippen LogP contribution >= 0.6 is 0 Å². The van der Waals surface area contributed by atoms with Gasteiger partial charge in [-0.1, -0.05) is 20.3 Å². The van der Waals surface area contributed by atoms with E-state index in [4.69, 9.17) is 5.11 Å². The van der Waals surface area contributed by atoms with Gasteiger partial charge in [-0.3, -0.25) is 0 Å². The lowest BCUT2D eigenvalue weighted by atomic mass is 9.98. The zero-order chi connectivity index (χ0) is 13.1. The molecular formula is C14H18N2O2. The largest absolute Gasteiger partial charge is 0.478 e. The van der Waals surface area contributed by atoms with Crippen LogP contribution in [-0.4, -0.2) is 20.5 Å². The molecule has 0 aromatic carbocycles. The first-order valence-corrected chi connectivity index (χ1v) is 6.37. The highest BCUT2D eigenvalue weighted by molar-refractivity contribution is 5.87. The number of carbonyl (C=O) groups is 1. The van der Waals surface area contributed by atoms with Gasteiger partial charge in [0.25, 0.3) is 0 Å². The number of carboxylic acid groups (broad SMARTS) is 1. The topological polar surface area (TPSA) is 54.6 Å². The van der Waals surface area contributed by atoms with Crippen LogP contribution in [-0.2, 0) is 0 Å². The summed E-state index contributed by atoms with van der Waals surface area (Å²) in [6, 6.07) is 3.35. The first-order valence-electron chi connectivity index (χ1n) is 6.37.